The standard InChI is InChI=1S/C20H15N3O3S/c24-19(11-8-14-4-3-7-18(12-14)23(25)26)22-20(27)21-17-10-9-15-5-1-2-6-16(15)13-17/h1-13H,(H2,21,22,24,27)/b11-8+. The van der Waals surface area contributed by atoms with Crippen LogP contribution in [0.3, 0.4) is 0 Å². The van der Waals surface area contributed by atoms with Crippen LogP contribution in [-0.2, 0) is 4.79 Å². The van der Waals surface area contributed by atoms with Gasteiger partial charge in [-0.1, -0.05) is 42.5 Å². The van der Waals surface area contributed by atoms with Gasteiger partial charge in [0.2, 0.25) is 5.91 Å². The molecule has 27 heavy (non-hydrogen) atoms. The fourth-order valence-corrected chi connectivity index (χ4v) is 2.72. The van der Waals surface area contributed by atoms with Crippen LogP contribution in [0, 0.1) is 10.1 Å². The Morgan fingerprint density at radius 2 is 1.78 bits per heavy atom. The second-order valence-corrected chi connectivity index (χ2v) is 6.10. The Morgan fingerprint density at radius 1 is 1.00 bits per heavy atom. The topological polar surface area (TPSA) is 84.3 Å². The van der Waals surface area contributed by atoms with E-state index in [0.29, 0.717) is 5.56 Å². The molecule has 0 fully saturated rings. The first-order valence-corrected chi connectivity index (χ1v) is 8.45. The van der Waals surface area contributed by atoms with Gasteiger partial charge in [0.15, 0.2) is 5.11 Å². The summed E-state index contributed by atoms with van der Waals surface area (Å²) >= 11 is 5.15. The van der Waals surface area contributed by atoms with E-state index in [1.807, 2.05) is 42.5 Å². The Morgan fingerprint density at radius 3 is 2.56 bits per heavy atom. The molecule has 0 saturated carbocycles. The molecule has 1 amide bonds. The minimum absolute atomic E-state index is 0.0361. The predicted octanol–water partition coefficient (Wildman–Crippen LogP) is 4.27. The van der Waals surface area contributed by atoms with Crippen LogP contribution in [0.25, 0.3) is 16.8 Å². The lowest BCUT2D eigenvalue weighted by Crippen LogP contribution is -2.32. The SMILES string of the molecule is O=C(/C=C/c1cccc([N+](=O)[O-])c1)NC(=S)Nc1ccc2ccccc2c1. The molecule has 0 heterocycles. The summed E-state index contributed by atoms with van der Waals surface area (Å²) in [6, 6.07) is 19.7. The van der Waals surface area contributed by atoms with Crippen LogP contribution < -0.4 is 10.6 Å². The summed E-state index contributed by atoms with van der Waals surface area (Å²) < 4.78 is 0. The van der Waals surface area contributed by atoms with E-state index in [-0.39, 0.29) is 10.8 Å². The van der Waals surface area contributed by atoms with Crippen molar-refractivity contribution in [3.05, 3.63) is 88.5 Å². The van der Waals surface area contributed by atoms with Gasteiger partial charge in [-0.2, -0.15) is 0 Å². The third-order valence-electron chi connectivity index (χ3n) is 3.75. The van der Waals surface area contributed by atoms with Gasteiger partial charge in [0, 0.05) is 23.9 Å². The largest absolute Gasteiger partial charge is 0.332 e. The zero-order valence-corrected chi connectivity index (χ0v) is 14.9. The number of anilines is 1. The number of non-ortho nitro benzene ring substituents is 1. The van der Waals surface area contributed by atoms with Crippen LogP contribution in [0.4, 0.5) is 11.4 Å². The summed E-state index contributed by atoms with van der Waals surface area (Å²) in [6.45, 7) is 0. The number of hydrogen-bond donors (Lipinski definition) is 2. The van der Waals surface area contributed by atoms with Gasteiger partial charge in [-0.3, -0.25) is 20.2 Å². The Labute approximate surface area is 160 Å². The van der Waals surface area contributed by atoms with Crippen molar-refractivity contribution in [2.24, 2.45) is 0 Å². The van der Waals surface area contributed by atoms with Gasteiger partial charge in [0.25, 0.3) is 5.69 Å². The summed E-state index contributed by atoms with van der Waals surface area (Å²) in [5.74, 6) is -0.431. The zero-order chi connectivity index (χ0) is 19.2. The Bertz CT molecular complexity index is 1060. The number of nitrogens with one attached hydrogen (secondary N) is 2. The van der Waals surface area contributed by atoms with E-state index in [4.69, 9.17) is 12.2 Å². The highest BCUT2D eigenvalue weighted by molar-refractivity contribution is 7.80. The van der Waals surface area contributed by atoms with Crippen LogP contribution in [0.5, 0.6) is 0 Å². The van der Waals surface area contributed by atoms with Crippen molar-refractivity contribution in [1.29, 1.82) is 0 Å². The molecule has 7 heteroatoms. The zero-order valence-electron chi connectivity index (χ0n) is 14.1. The third-order valence-corrected chi connectivity index (χ3v) is 3.96. The number of benzene rings is 3. The average Bonchev–Trinajstić information content (AvgIpc) is 2.66. The number of thiocarbonyl (C=S) groups is 1. The molecule has 6 nitrogen and oxygen atoms in total. The number of hydrogen-bond acceptors (Lipinski definition) is 4. The highest BCUT2D eigenvalue weighted by Crippen LogP contribution is 2.18. The molecular formula is C20H15N3O3S. The van der Waals surface area contributed by atoms with E-state index in [2.05, 4.69) is 10.6 Å². The molecule has 0 aliphatic heterocycles. The van der Waals surface area contributed by atoms with E-state index >= 15 is 0 Å². The monoisotopic (exact) mass is 377 g/mol. The minimum Gasteiger partial charge on any atom is -0.332 e. The minimum atomic E-state index is -0.486. The van der Waals surface area contributed by atoms with Crippen LogP contribution in [0.2, 0.25) is 0 Å². The fraction of sp³-hybridized carbons (Fsp3) is 0. The molecule has 3 rings (SSSR count). The highest BCUT2D eigenvalue weighted by atomic mass is 32.1. The Kier molecular flexibility index (Phi) is 5.53. The molecule has 3 aromatic carbocycles. The summed E-state index contributed by atoms with van der Waals surface area (Å²) in [4.78, 5) is 22.3. The van der Waals surface area contributed by atoms with Gasteiger partial charge >= 0.3 is 0 Å². The number of rotatable bonds is 4. The maximum atomic E-state index is 12.0. The molecule has 0 saturated heterocycles. The van der Waals surface area contributed by atoms with Crippen LogP contribution in [0.15, 0.2) is 72.8 Å². The van der Waals surface area contributed by atoms with Crippen molar-refractivity contribution >= 4 is 51.5 Å². The Balaban J connectivity index is 1.60. The molecule has 0 spiro atoms. The van der Waals surface area contributed by atoms with Gasteiger partial charge in [-0.15, -0.1) is 0 Å². The molecule has 2 N–H and O–H groups in total. The van der Waals surface area contributed by atoms with Gasteiger partial charge in [-0.05, 0) is 46.8 Å². The van der Waals surface area contributed by atoms with E-state index in [1.54, 1.807) is 12.1 Å². The van der Waals surface area contributed by atoms with E-state index in [9.17, 15) is 14.9 Å². The number of nitro groups is 1. The molecule has 3 aromatic rings. The van der Waals surface area contributed by atoms with Crippen molar-refractivity contribution in [1.82, 2.24) is 5.32 Å². The smallest absolute Gasteiger partial charge is 0.270 e. The molecule has 0 atom stereocenters. The van der Waals surface area contributed by atoms with E-state index in [0.717, 1.165) is 16.5 Å². The number of fused-ring (bicyclic) bond motifs is 1. The Hall–Kier alpha value is -3.58. The van der Waals surface area contributed by atoms with Crippen LogP contribution in [-0.4, -0.2) is 15.9 Å². The first-order valence-electron chi connectivity index (χ1n) is 8.04. The maximum absolute atomic E-state index is 12.0. The predicted molar refractivity (Wildman–Crippen MR) is 110 cm³/mol. The molecule has 0 radical (unpaired) electrons. The van der Waals surface area contributed by atoms with Crippen LogP contribution in [0.1, 0.15) is 5.56 Å². The number of amides is 1. The fourth-order valence-electron chi connectivity index (χ4n) is 2.50. The number of nitro benzene ring substituents is 1. The normalized spacial score (nSPS) is 10.7. The van der Waals surface area contributed by atoms with Crippen molar-refractivity contribution in [2.75, 3.05) is 5.32 Å². The first kappa shape index (κ1) is 18.2. The summed E-state index contributed by atoms with van der Waals surface area (Å²) in [7, 11) is 0. The molecule has 134 valence electrons. The molecule has 0 unspecified atom stereocenters. The maximum Gasteiger partial charge on any atom is 0.270 e. The van der Waals surface area contributed by atoms with Gasteiger partial charge in [0.05, 0.1) is 4.92 Å². The number of carbonyl (C=O) groups excluding carboxylic acids is 1. The average molecular weight is 377 g/mol. The lowest BCUT2D eigenvalue weighted by molar-refractivity contribution is -0.384. The van der Waals surface area contributed by atoms with E-state index in [1.165, 1.54) is 24.3 Å². The molecule has 0 bridgehead atoms. The summed E-state index contributed by atoms with van der Waals surface area (Å²) in [6.07, 6.45) is 2.76. The number of nitrogens with zero attached hydrogens (tertiary/aromatic N) is 1. The van der Waals surface area contributed by atoms with Crippen LogP contribution >= 0.6 is 12.2 Å². The van der Waals surface area contributed by atoms with Gasteiger partial charge in [-0.25, -0.2) is 0 Å². The second kappa shape index (κ2) is 8.20. The molecular weight excluding hydrogens is 362 g/mol. The first-order chi connectivity index (χ1) is 13.0. The molecule has 0 aliphatic rings. The summed E-state index contributed by atoms with van der Waals surface area (Å²) in [5, 5.41) is 18.6. The molecule has 0 aromatic heterocycles. The van der Waals surface area contributed by atoms with Crippen molar-refractivity contribution in [3.8, 4) is 0 Å². The van der Waals surface area contributed by atoms with Crippen molar-refractivity contribution in [3.63, 3.8) is 0 Å². The summed E-state index contributed by atoms with van der Waals surface area (Å²) in [5.41, 5.74) is 1.28. The van der Waals surface area contributed by atoms with Gasteiger partial charge in [0.1, 0.15) is 0 Å². The second-order valence-electron chi connectivity index (χ2n) is 5.69. The quantitative estimate of drug-likeness (QED) is 0.307. The highest BCUT2D eigenvalue weighted by Gasteiger charge is 2.05. The van der Waals surface area contributed by atoms with Gasteiger partial charge < -0.3 is 5.32 Å². The van der Waals surface area contributed by atoms with E-state index < -0.39 is 10.8 Å². The number of carbonyl (C=O) groups is 1. The lowest BCUT2D eigenvalue weighted by atomic mass is 10.1. The van der Waals surface area contributed by atoms with Crippen molar-refractivity contribution in [2.45, 2.75) is 0 Å². The molecule has 0 aliphatic carbocycles. The third kappa shape index (κ3) is 4.96. The van der Waals surface area contributed by atoms with Crippen molar-refractivity contribution < 1.29 is 9.72 Å². The lowest BCUT2D eigenvalue weighted by Gasteiger charge is -2.09.